The van der Waals surface area contributed by atoms with Crippen LogP contribution in [0.4, 0.5) is 24.9 Å². The first-order valence-corrected chi connectivity index (χ1v) is 6.06. The molecule has 1 aromatic rings. The van der Waals surface area contributed by atoms with Gasteiger partial charge >= 0.3 is 6.18 Å². The highest BCUT2D eigenvalue weighted by Gasteiger charge is 2.34. The van der Waals surface area contributed by atoms with Crippen LogP contribution in [0.25, 0.3) is 0 Å². The summed E-state index contributed by atoms with van der Waals surface area (Å²) in [6.07, 6.45) is -4.32. The third-order valence-electron chi connectivity index (χ3n) is 2.86. The van der Waals surface area contributed by atoms with Gasteiger partial charge in [-0.2, -0.15) is 18.2 Å². The molecule has 0 unspecified atom stereocenters. The predicted molar refractivity (Wildman–Crippen MR) is 66.4 cm³/mol. The third-order valence-corrected chi connectivity index (χ3v) is 2.86. The van der Waals surface area contributed by atoms with E-state index in [1.807, 2.05) is 0 Å². The molecular formula is C11H14F3N5O. The number of anilines is 2. The van der Waals surface area contributed by atoms with Crippen LogP contribution in [0.15, 0.2) is 6.07 Å². The Labute approximate surface area is 113 Å². The van der Waals surface area contributed by atoms with Crippen molar-refractivity contribution in [2.75, 3.05) is 36.9 Å². The van der Waals surface area contributed by atoms with Gasteiger partial charge in [-0.25, -0.2) is 4.98 Å². The predicted octanol–water partition coefficient (Wildman–Crippen LogP) is 0.863. The molecule has 0 saturated carbocycles. The Hall–Kier alpha value is -2.06. The van der Waals surface area contributed by atoms with Gasteiger partial charge in [0, 0.05) is 39.2 Å². The molecule has 0 bridgehead atoms. The molecule has 9 heteroatoms. The Bertz CT molecular complexity index is 505. The molecule has 2 N–H and O–H groups in total. The number of alkyl halides is 3. The molecule has 1 aromatic heterocycles. The van der Waals surface area contributed by atoms with Crippen LogP contribution in [-0.2, 0) is 11.0 Å². The quantitative estimate of drug-likeness (QED) is 0.845. The highest BCUT2D eigenvalue weighted by molar-refractivity contribution is 5.77. The third kappa shape index (κ3) is 3.28. The fourth-order valence-electron chi connectivity index (χ4n) is 1.85. The zero-order chi connectivity index (χ0) is 14.8. The largest absolute Gasteiger partial charge is 0.433 e. The smallest absolute Gasteiger partial charge is 0.357 e. The Kier molecular flexibility index (Phi) is 3.96. The fourth-order valence-corrected chi connectivity index (χ4v) is 1.85. The van der Waals surface area contributed by atoms with Gasteiger partial charge in [0.2, 0.25) is 11.9 Å². The lowest BCUT2D eigenvalue weighted by Gasteiger charge is -2.22. The zero-order valence-corrected chi connectivity index (χ0v) is 10.8. The number of hydrogen-bond acceptors (Lipinski definition) is 5. The van der Waals surface area contributed by atoms with E-state index in [1.165, 1.54) is 7.05 Å². The summed E-state index contributed by atoms with van der Waals surface area (Å²) >= 11 is 0. The van der Waals surface area contributed by atoms with Gasteiger partial charge in [0.15, 0.2) is 5.69 Å². The molecular weight excluding hydrogens is 275 g/mol. The highest BCUT2D eigenvalue weighted by atomic mass is 19.4. The van der Waals surface area contributed by atoms with Crippen LogP contribution in [0.1, 0.15) is 12.1 Å². The molecule has 1 saturated heterocycles. The van der Waals surface area contributed by atoms with E-state index in [1.54, 1.807) is 4.90 Å². The molecule has 1 aliphatic heterocycles. The zero-order valence-electron chi connectivity index (χ0n) is 10.8. The summed E-state index contributed by atoms with van der Waals surface area (Å²) in [5.74, 6) is -0.0574. The molecule has 110 valence electrons. The standard InChI is InChI=1S/C11H14F3N5O/c1-15-10-17-7(11(12,13)14)6-8(18-10)19-4-2-9(20)16-3-5-19/h6H,2-5H2,1H3,(H,16,20)(H,15,17,18). The van der Waals surface area contributed by atoms with Crippen LogP contribution >= 0.6 is 0 Å². The first-order valence-electron chi connectivity index (χ1n) is 6.06. The molecule has 1 aliphatic rings. The first-order chi connectivity index (χ1) is 9.40. The summed E-state index contributed by atoms with van der Waals surface area (Å²) in [6.45, 7) is 1.10. The molecule has 0 radical (unpaired) electrons. The van der Waals surface area contributed by atoms with E-state index in [0.29, 0.717) is 19.6 Å². The van der Waals surface area contributed by atoms with Crippen LogP contribution in [0.2, 0.25) is 0 Å². The fraction of sp³-hybridized carbons (Fsp3) is 0.545. The van der Waals surface area contributed by atoms with E-state index in [-0.39, 0.29) is 24.1 Å². The van der Waals surface area contributed by atoms with E-state index >= 15 is 0 Å². The van der Waals surface area contributed by atoms with Crippen molar-refractivity contribution in [2.24, 2.45) is 0 Å². The Morgan fingerprint density at radius 1 is 1.35 bits per heavy atom. The second-order valence-corrected chi connectivity index (χ2v) is 4.27. The number of halogens is 3. The Balaban J connectivity index is 2.32. The summed E-state index contributed by atoms with van der Waals surface area (Å²) in [5, 5.41) is 5.17. The second kappa shape index (κ2) is 5.51. The molecule has 20 heavy (non-hydrogen) atoms. The van der Waals surface area contributed by atoms with Gasteiger partial charge in [-0.3, -0.25) is 4.79 Å². The number of carbonyl (C=O) groups excluding carboxylic acids is 1. The lowest BCUT2D eigenvalue weighted by Crippen LogP contribution is -2.29. The lowest BCUT2D eigenvalue weighted by atomic mass is 10.3. The summed E-state index contributed by atoms with van der Waals surface area (Å²) in [7, 11) is 1.45. The lowest BCUT2D eigenvalue weighted by molar-refractivity contribution is -0.141. The van der Waals surface area contributed by atoms with Crippen molar-refractivity contribution < 1.29 is 18.0 Å². The van der Waals surface area contributed by atoms with Crippen molar-refractivity contribution in [2.45, 2.75) is 12.6 Å². The van der Waals surface area contributed by atoms with Crippen molar-refractivity contribution in [3.63, 3.8) is 0 Å². The topological polar surface area (TPSA) is 70.2 Å². The number of nitrogens with zero attached hydrogens (tertiary/aromatic N) is 3. The number of hydrogen-bond donors (Lipinski definition) is 2. The van der Waals surface area contributed by atoms with Crippen LogP contribution in [0, 0.1) is 0 Å². The summed E-state index contributed by atoms with van der Waals surface area (Å²) < 4.78 is 38.4. The first kappa shape index (κ1) is 14.4. The van der Waals surface area contributed by atoms with E-state index in [4.69, 9.17) is 0 Å². The molecule has 1 fully saturated rings. The monoisotopic (exact) mass is 289 g/mol. The van der Waals surface area contributed by atoms with Gasteiger partial charge in [0.05, 0.1) is 0 Å². The number of carbonyl (C=O) groups is 1. The average Bonchev–Trinajstić information content (AvgIpc) is 2.62. The number of aromatic nitrogens is 2. The van der Waals surface area contributed by atoms with Crippen LogP contribution in [0.5, 0.6) is 0 Å². The molecule has 6 nitrogen and oxygen atoms in total. The van der Waals surface area contributed by atoms with Crippen molar-refractivity contribution in [1.82, 2.24) is 15.3 Å². The SMILES string of the molecule is CNc1nc(N2CCNC(=O)CC2)cc(C(F)(F)F)n1. The minimum atomic E-state index is -4.54. The Morgan fingerprint density at radius 2 is 2.10 bits per heavy atom. The molecule has 1 amide bonds. The maximum Gasteiger partial charge on any atom is 0.433 e. The van der Waals surface area contributed by atoms with Crippen molar-refractivity contribution >= 4 is 17.7 Å². The summed E-state index contributed by atoms with van der Waals surface area (Å²) in [6, 6.07) is 0.899. The average molecular weight is 289 g/mol. The van der Waals surface area contributed by atoms with Crippen molar-refractivity contribution in [3.8, 4) is 0 Å². The molecule has 2 heterocycles. The minimum absolute atomic E-state index is 0.0987. The summed E-state index contributed by atoms with van der Waals surface area (Å²) in [5.41, 5.74) is -1.00. The number of amides is 1. The van der Waals surface area contributed by atoms with Gasteiger partial charge in [-0.1, -0.05) is 0 Å². The molecule has 0 aromatic carbocycles. The minimum Gasteiger partial charge on any atom is -0.357 e. The maximum absolute atomic E-state index is 12.8. The number of rotatable bonds is 2. The van der Waals surface area contributed by atoms with Gasteiger partial charge in [-0.05, 0) is 0 Å². The van der Waals surface area contributed by atoms with Crippen molar-refractivity contribution in [3.05, 3.63) is 11.8 Å². The van der Waals surface area contributed by atoms with Gasteiger partial charge < -0.3 is 15.5 Å². The van der Waals surface area contributed by atoms with Crippen LogP contribution in [0.3, 0.4) is 0 Å². The molecule has 0 atom stereocenters. The van der Waals surface area contributed by atoms with Crippen LogP contribution < -0.4 is 15.5 Å². The molecule has 0 spiro atoms. The van der Waals surface area contributed by atoms with E-state index in [2.05, 4.69) is 20.6 Å². The van der Waals surface area contributed by atoms with Crippen molar-refractivity contribution in [1.29, 1.82) is 0 Å². The van der Waals surface area contributed by atoms with Crippen LogP contribution in [-0.4, -0.2) is 42.6 Å². The maximum atomic E-state index is 12.8. The Morgan fingerprint density at radius 3 is 2.75 bits per heavy atom. The molecule has 0 aliphatic carbocycles. The van der Waals surface area contributed by atoms with E-state index in [9.17, 15) is 18.0 Å². The van der Waals surface area contributed by atoms with Gasteiger partial charge in [-0.15, -0.1) is 0 Å². The summed E-state index contributed by atoms with van der Waals surface area (Å²) in [4.78, 5) is 20.3. The molecule has 2 rings (SSSR count). The normalized spacial score (nSPS) is 16.6. The van der Waals surface area contributed by atoms with E-state index < -0.39 is 11.9 Å². The van der Waals surface area contributed by atoms with Gasteiger partial charge in [0.1, 0.15) is 5.82 Å². The van der Waals surface area contributed by atoms with Gasteiger partial charge in [0.25, 0.3) is 0 Å². The number of nitrogens with one attached hydrogen (secondary N) is 2. The highest BCUT2D eigenvalue weighted by Crippen LogP contribution is 2.30. The second-order valence-electron chi connectivity index (χ2n) is 4.27. The van der Waals surface area contributed by atoms with E-state index in [0.717, 1.165) is 6.07 Å².